The van der Waals surface area contributed by atoms with Crippen molar-refractivity contribution >= 4 is 23.2 Å². The van der Waals surface area contributed by atoms with Crippen molar-refractivity contribution in [1.82, 2.24) is 0 Å². The molecule has 0 fully saturated rings. The number of rotatable bonds is 5. The van der Waals surface area contributed by atoms with Crippen LogP contribution in [0.25, 0.3) is 0 Å². The Labute approximate surface area is 126 Å². The van der Waals surface area contributed by atoms with E-state index in [2.05, 4.69) is 5.32 Å². The molecule has 0 aromatic heterocycles. The van der Waals surface area contributed by atoms with Gasteiger partial charge in [0, 0.05) is 23.3 Å². The van der Waals surface area contributed by atoms with E-state index in [-0.39, 0.29) is 5.56 Å². The quantitative estimate of drug-likeness (QED) is 0.892. The highest BCUT2D eigenvalue weighted by Gasteiger charge is 2.12. The summed E-state index contributed by atoms with van der Waals surface area (Å²) in [5.74, 6) is -0.636. The van der Waals surface area contributed by atoms with E-state index in [1.165, 1.54) is 12.1 Å². The lowest BCUT2D eigenvalue weighted by molar-refractivity contribution is 0.102. The van der Waals surface area contributed by atoms with Crippen LogP contribution >= 0.6 is 11.6 Å². The molecule has 0 radical (unpaired) electrons. The van der Waals surface area contributed by atoms with Gasteiger partial charge in [-0.15, -0.1) is 0 Å². The maximum atomic E-state index is 13.6. The molecule has 3 N–H and O–H groups in total. The van der Waals surface area contributed by atoms with Crippen molar-refractivity contribution in [3.63, 3.8) is 0 Å². The Bertz CT molecular complexity index is 649. The minimum absolute atomic E-state index is 0.115. The molecule has 1 amide bonds. The van der Waals surface area contributed by atoms with Crippen LogP contribution in [0, 0.1) is 5.82 Å². The molecule has 2 aromatic carbocycles. The van der Waals surface area contributed by atoms with E-state index in [1.807, 2.05) is 0 Å². The van der Waals surface area contributed by atoms with Crippen LogP contribution in [0.5, 0.6) is 5.75 Å². The highest BCUT2D eigenvalue weighted by Crippen LogP contribution is 2.20. The average molecular weight is 309 g/mol. The second kappa shape index (κ2) is 7.06. The molecular formula is C15H14ClFN2O2. The van der Waals surface area contributed by atoms with Crippen LogP contribution in [0.3, 0.4) is 0 Å². The second-order valence-corrected chi connectivity index (χ2v) is 4.68. The van der Waals surface area contributed by atoms with Crippen molar-refractivity contribution < 1.29 is 13.9 Å². The molecule has 110 valence electrons. The van der Waals surface area contributed by atoms with E-state index in [0.717, 1.165) is 6.07 Å². The summed E-state index contributed by atoms with van der Waals surface area (Å²) < 4.78 is 19.0. The van der Waals surface area contributed by atoms with Crippen molar-refractivity contribution in [2.75, 3.05) is 18.5 Å². The first-order valence-corrected chi connectivity index (χ1v) is 6.67. The Hall–Kier alpha value is -2.11. The summed E-state index contributed by atoms with van der Waals surface area (Å²) in [4.78, 5) is 12.0. The third-order valence-corrected chi connectivity index (χ3v) is 2.89. The van der Waals surface area contributed by atoms with Crippen molar-refractivity contribution in [1.29, 1.82) is 0 Å². The van der Waals surface area contributed by atoms with Gasteiger partial charge in [0.1, 0.15) is 18.2 Å². The van der Waals surface area contributed by atoms with Crippen LogP contribution < -0.4 is 15.8 Å². The summed E-state index contributed by atoms with van der Waals surface area (Å²) in [5.41, 5.74) is 5.73. The molecule has 0 aliphatic heterocycles. The number of anilines is 1. The monoisotopic (exact) mass is 308 g/mol. The Kier molecular flexibility index (Phi) is 5.14. The molecule has 0 aliphatic carbocycles. The molecule has 21 heavy (non-hydrogen) atoms. The zero-order valence-electron chi connectivity index (χ0n) is 11.1. The number of nitrogens with one attached hydrogen (secondary N) is 1. The summed E-state index contributed by atoms with van der Waals surface area (Å²) in [7, 11) is 0. The van der Waals surface area contributed by atoms with Gasteiger partial charge in [-0.05, 0) is 30.3 Å². The highest BCUT2D eigenvalue weighted by atomic mass is 35.5. The largest absolute Gasteiger partial charge is 0.492 e. The molecule has 0 saturated carbocycles. The van der Waals surface area contributed by atoms with Crippen molar-refractivity contribution in [2.45, 2.75) is 0 Å². The molecule has 6 heteroatoms. The molecule has 0 saturated heterocycles. The van der Waals surface area contributed by atoms with Crippen LogP contribution in [0.15, 0.2) is 42.5 Å². The number of carbonyl (C=O) groups is 1. The summed E-state index contributed by atoms with van der Waals surface area (Å²) in [6.07, 6.45) is 0. The van der Waals surface area contributed by atoms with Gasteiger partial charge in [0.25, 0.3) is 5.91 Å². The van der Waals surface area contributed by atoms with Crippen LogP contribution in [0.4, 0.5) is 10.1 Å². The van der Waals surface area contributed by atoms with Crippen LogP contribution in [-0.2, 0) is 0 Å². The number of halogens is 2. The lowest BCUT2D eigenvalue weighted by Gasteiger charge is -2.09. The standard InChI is InChI=1S/C15H14ClFN2O2/c16-10-4-5-14(17)13(8-10)15(20)19-11-2-1-3-12(9-11)21-7-6-18/h1-5,8-9H,6-7,18H2,(H,19,20). The number of benzene rings is 2. The lowest BCUT2D eigenvalue weighted by Crippen LogP contribution is -2.14. The summed E-state index contributed by atoms with van der Waals surface area (Å²) in [6, 6.07) is 10.6. The number of hydrogen-bond donors (Lipinski definition) is 2. The molecule has 0 unspecified atom stereocenters. The minimum atomic E-state index is -0.632. The molecule has 0 heterocycles. The summed E-state index contributed by atoms with van der Waals surface area (Å²) in [5, 5.41) is 2.89. The van der Waals surface area contributed by atoms with Crippen LogP contribution in [0.1, 0.15) is 10.4 Å². The van der Waals surface area contributed by atoms with Gasteiger partial charge in [-0.2, -0.15) is 0 Å². The molecule has 0 bridgehead atoms. The van der Waals surface area contributed by atoms with Gasteiger partial charge in [-0.3, -0.25) is 4.79 Å². The van der Waals surface area contributed by atoms with Crippen LogP contribution in [-0.4, -0.2) is 19.1 Å². The molecule has 2 aromatic rings. The molecule has 0 aliphatic rings. The maximum absolute atomic E-state index is 13.6. The normalized spacial score (nSPS) is 10.2. The highest BCUT2D eigenvalue weighted by molar-refractivity contribution is 6.31. The van der Waals surface area contributed by atoms with Gasteiger partial charge < -0.3 is 15.8 Å². The van der Waals surface area contributed by atoms with Gasteiger partial charge in [-0.25, -0.2) is 4.39 Å². The minimum Gasteiger partial charge on any atom is -0.492 e. The van der Waals surface area contributed by atoms with E-state index in [0.29, 0.717) is 29.6 Å². The first-order chi connectivity index (χ1) is 10.1. The second-order valence-electron chi connectivity index (χ2n) is 4.24. The Morgan fingerprint density at radius 3 is 2.86 bits per heavy atom. The predicted molar refractivity (Wildman–Crippen MR) is 80.4 cm³/mol. The Balaban J connectivity index is 2.14. The maximum Gasteiger partial charge on any atom is 0.258 e. The number of ether oxygens (including phenoxy) is 1. The number of amides is 1. The fraction of sp³-hybridized carbons (Fsp3) is 0.133. The fourth-order valence-corrected chi connectivity index (χ4v) is 1.88. The molecule has 4 nitrogen and oxygen atoms in total. The lowest BCUT2D eigenvalue weighted by atomic mass is 10.2. The first kappa shape index (κ1) is 15.3. The molecular weight excluding hydrogens is 295 g/mol. The predicted octanol–water partition coefficient (Wildman–Crippen LogP) is 3.07. The van der Waals surface area contributed by atoms with Gasteiger partial charge in [0.2, 0.25) is 0 Å². The van der Waals surface area contributed by atoms with Crippen molar-refractivity contribution in [2.24, 2.45) is 5.73 Å². The molecule has 0 spiro atoms. The number of hydrogen-bond acceptors (Lipinski definition) is 3. The SMILES string of the molecule is NCCOc1cccc(NC(=O)c2cc(Cl)ccc2F)c1. The van der Waals surface area contributed by atoms with Gasteiger partial charge in [0.05, 0.1) is 5.56 Å². The van der Waals surface area contributed by atoms with Gasteiger partial charge in [-0.1, -0.05) is 17.7 Å². The average Bonchev–Trinajstić information content (AvgIpc) is 2.48. The van der Waals surface area contributed by atoms with Crippen molar-refractivity contribution in [3.8, 4) is 5.75 Å². The van der Waals surface area contributed by atoms with Gasteiger partial charge >= 0.3 is 0 Å². The molecule has 2 rings (SSSR count). The zero-order valence-corrected chi connectivity index (χ0v) is 11.9. The summed E-state index contributed by atoms with van der Waals surface area (Å²) >= 11 is 5.77. The van der Waals surface area contributed by atoms with E-state index >= 15 is 0 Å². The molecule has 0 atom stereocenters. The van der Waals surface area contributed by atoms with Crippen molar-refractivity contribution in [3.05, 3.63) is 58.9 Å². The van der Waals surface area contributed by atoms with E-state index < -0.39 is 11.7 Å². The fourth-order valence-electron chi connectivity index (χ4n) is 1.71. The van der Waals surface area contributed by atoms with E-state index in [4.69, 9.17) is 22.1 Å². The summed E-state index contributed by atoms with van der Waals surface area (Å²) in [6.45, 7) is 0.768. The first-order valence-electron chi connectivity index (χ1n) is 6.29. The number of carbonyl (C=O) groups excluding carboxylic acids is 1. The Morgan fingerprint density at radius 2 is 2.10 bits per heavy atom. The van der Waals surface area contributed by atoms with E-state index in [1.54, 1.807) is 24.3 Å². The zero-order chi connectivity index (χ0) is 15.2. The third kappa shape index (κ3) is 4.18. The van der Waals surface area contributed by atoms with E-state index in [9.17, 15) is 9.18 Å². The topological polar surface area (TPSA) is 64.3 Å². The third-order valence-electron chi connectivity index (χ3n) is 2.65. The van der Waals surface area contributed by atoms with Crippen LogP contribution in [0.2, 0.25) is 5.02 Å². The Morgan fingerprint density at radius 1 is 1.29 bits per heavy atom. The number of nitrogens with two attached hydrogens (primary N) is 1. The van der Waals surface area contributed by atoms with Gasteiger partial charge in [0.15, 0.2) is 0 Å². The smallest absolute Gasteiger partial charge is 0.258 e.